The summed E-state index contributed by atoms with van der Waals surface area (Å²) in [5.41, 5.74) is 2.79. The van der Waals surface area contributed by atoms with Crippen LogP contribution in [-0.4, -0.2) is 62.8 Å². The van der Waals surface area contributed by atoms with E-state index in [9.17, 15) is 18.0 Å². The number of carbonyl (C=O) groups is 2. The van der Waals surface area contributed by atoms with Crippen molar-refractivity contribution in [2.75, 3.05) is 47.9 Å². The maximum Gasteiger partial charge on any atom is 0.239 e. The van der Waals surface area contributed by atoms with Crippen LogP contribution >= 0.6 is 0 Å². The van der Waals surface area contributed by atoms with Gasteiger partial charge in [-0.25, -0.2) is 8.42 Å². The molecular formula is C21H25N3O4S. The molecule has 29 heavy (non-hydrogen) atoms. The summed E-state index contributed by atoms with van der Waals surface area (Å²) >= 11 is 0. The van der Waals surface area contributed by atoms with E-state index in [1.807, 2.05) is 25.1 Å². The van der Waals surface area contributed by atoms with Crippen molar-refractivity contribution in [1.29, 1.82) is 0 Å². The monoisotopic (exact) mass is 415 g/mol. The first kappa shape index (κ1) is 20.9. The van der Waals surface area contributed by atoms with Crippen LogP contribution in [0, 0.1) is 6.92 Å². The molecule has 1 aliphatic heterocycles. The summed E-state index contributed by atoms with van der Waals surface area (Å²) in [6.07, 6.45) is 0. The Morgan fingerprint density at radius 1 is 0.931 bits per heavy atom. The summed E-state index contributed by atoms with van der Waals surface area (Å²) in [6.45, 7) is 4.23. The first-order valence-corrected chi connectivity index (χ1v) is 11.3. The van der Waals surface area contributed by atoms with Crippen molar-refractivity contribution < 1.29 is 18.0 Å². The predicted octanol–water partition coefficient (Wildman–Crippen LogP) is 1.70. The molecule has 2 amide bonds. The number of benzene rings is 2. The second kappa shape index (κ2) is 9.09. The molecule has 0 aliphatic carbocycles. The summed E-state index contributed by atoms with van der Waals surface area (Å²) in [6, 6.07) is 16.8. The number of nitrogens with zero attached hydrogens (tertiary/aromatic N) is 2. The lowest BCUT2D eigenvalue weighted by molar-refractivity contribution is -0.128. The lowest BCUT2D eigenvalue weighted by atomic mass is 10.2. The van der Waals surface area contributed by atoms with Gasteiger partial charge in [-0.15, -0.1) is 0 Å². The number of amides is 2. The van der Waals surface area contributed by atoms with Crippen molar-refractivity contribution in [1.82, 2.24) is 4.90 Å². The molecule has 1 saturated heterocycles. The number of sulfone groups is 1. The summed E-state index contributed by atoms with van der Waals surface area (Å²) in [7, 11) is -3.84. The third-order valence-corrected chi connectivity index (χ3v) is 6.14. The number of hydrogen-bond donors (Lipinski definition) is 1. The van der Waals surface area contributed by atoms with Crippen LogP contribution in [0.1, 0.15) is 5.56 Å². The van der Waals surface area contributed by atoms with Crippen molar-refractivity contribution in [3.63, 3.8) is 0 Å². The maximum absolute atomic E-state index is 12.4. The van der Waals surface area contributed by atoms with Gasteiger partial charge in [0.1, 0.15) is 11.5 Å². The number of piperazine rings is 1. The Morgan fingerprint density at radius 3 is 2.28 bits per heavy atom. The SMILES string of the molecule is Cc1cccc(N2CCN(C(=O)CS(=O)(=O)CC(=O)Nc3ccccc3)CC2)c1. The van der Waals surface area contributed by atoms with Crippen LogP contribution < -0.4 is 10.2 Å². The van der Waals surface area contributed by atoms with Crippen LogP contribution in [0.5, 0.6) is 0 Å². The molecule has 0 aromatic heterocycles. The molecule has 2 aromatic carbocycles. The molecule has 0 saturated carbocycles. The van der Waals surface area contributed by atoms with Gasteiger partial charge in [0.15, 0.2) is 9.84 Å². The van der Waals surface area contributed by atoms with E-state index in [1.54, 1.807) is 35.2 Å². The third kappa shape index (κ3) is 6.05. The zero-order valence-electron chi connectivity index (χ0n) is 16.4. The smallest absolute Gasteiger partial charge is 0.239 e. The first-order chi connectivity index (χ1) is 13.8. The molecule has 0 spiro atoms. The molecule has 2 aromatic rings. The second-order valence-corrected chi connectivity index (χ2v) is 9.22. The van der Waals surface area contributed by atoms with Gasteiger partial charge in [-0.3, -0.25) is 9.59 Å². The number of anilines is 2. The van der Waals surface area contributed by atoms with Crippen molar-refractivity contribution in [3.05, 3.63) is 60.2 Å². The van der Waals surface area contributed by atoms with E-state index >= 15 is 0 Å². The average molecular weight is 416 g/mol. The van der Waals surface area contributed by atoms with Gasteiger partial charge in [-0.1, -0.05) is 30.3 Å². The van der Waals surface area contributed by atoms with E-state index in [0.29, 0.717) is 31.9 Å². The minimum absolute atomic E-state index is 0.457. The highest BCUT2D eigenvalue weighted by Crippen LogP contribution is 2.18. The Morgan fingerprint density at radius 2 is 1.62 bits per heavy atom. The van der Waals surface area contributed by atoms with Gasteiger partial charge >= 0.3 is 0 Å². The highest BCUT2D eigenvalue weighted by atomic mass is 32.2. The van der Waals surface area contributed by atoms with Crippen LogP contribution in [0.25, 0.3) is 0 Å². The average Bonchev–Trinajstić information content (AvgIpc) is 2.68. The number of nitrogens with one attached hydrogen (secondary N) is 1. The standard InChI is InChI=1S/C21H25N3O4S/c1-17-6-5-9-19(14-17)23-10-12-24(13-11-23)21(26)16-29(27,28)15-20(25)22-18-7-3-2-4-8-18/h2-9,14H,10-13,15-16H2,1H3,(H,22,25). The lowest BCUT2D eigenvalue weighted by Gasteiger charge is -2.36. The molecule has 3 rings (SSSR count). The largest absolute Gasteiger partial charge is 0.368 e. The third-order valence-electron chi connectivity index (χ3n) is 4.75. The molecular weight excluding hydrogens is 390 g/mol. The van der Waals surface area contributed by atoms with Crippen molar-refractivity contribution in [3.8, 4) is 0 Å². The Bertz CT molecular complexity index is 968. The molecule has 0 radical (unpaired) electrons. The van der Waals surface area contributed by atoms with Crippen LogP contribution in [0.4, 0.5) is 11.4 Å². The summed E-state index contributed by atoms with van der Waals surface area (Å²) in [4.78, 5) is 28.2. The highest BCUT2D eigenvalue weighted by molar-refractivity contribution is 7.92. The number of rotatable bonds is 6. The maximum atomic E-state index is 12.4. The van der Waals surface area contributed by atoms with Gasteiger partial charge in [-0.05, 0) is 36.8 Å². The highest BCUT2D eigenvalue weighted by Gasteiger charge is 2.27. The van der Waals surface area contributed by atoms with Crippen molar-refractivity contribution in [2.24, 2.45) is 0 Å². The fourth-order valence-electron chi connectivity index (χ4n) is 3.29. The molecule has 7 nitrogen and oxygen atoms in total. The van der Waals surface area contributed by atoms with Crippen molar-refractivity contribution in [2.45, 2.75) is 6.92 Å². The van der Waals surface area contributed by atoms with Crippen molar-refractivity contribution >= 4 is 33.0 Å². The van der Waals surface area contributed by atoms with E-state index in [1.165, 1.54) is 5.56 Å². The fraction of sp³-hybridized carbons (Fsp3) is 0.333. The summed E-state index contributed by atoms with van der Waals surface area (Å²) in [5.74, 6) is -2.47. The predicted molar refractivity (Wildman–Crippen MR) is 114 cm³/mol. The van der Waals surface area contributed by atoms with Crippen LogP contribution in [0.15, 0.2) is 54.6 Å². The van der Waals surface area contributed by atoms with Crippen LogP contribution in [0.2, 0.25) is 0 Å². The van der Waals surface area contributed by atoms with E-state index in [-0.39, 0.29) is 0 Å². The van der Waals surface area contributed by atoms with Gasteiger partial charge in [0.25, 0.3) is 0 Å². The summed E-state index contributed by atoms with van der Waals surface area (Å²) < 4.78 is 24.6. The van der Waals surface area contributed by atoms with E-state index < -0.39 is 33.2 Å². The van der Waals surface area contributed by atoms with Crippen LogP contribution in [0.3, 0.4) is 0 Å². The van der Waals surface area contributed by atoms with Gasteiger partial charge in [0.2, 0.25) is 11.8 Å². The van der Waals surface area contributed by atoms with E-state index in [4.69, 9.17) is 0 Å². The molecule has 0 bridgehead atoms. The minimum Gasteiger partial charge on any atom is -0.368 e. The van der Waals surface area contributed by atoms with E-state index in [0.717, 1.165) is 5.69 Å². The first-order valence-electron chi connectivity index (χ1n) is 9.47. The molecule has 0 unspecified atom stereocenters. The number of aryl methyl sites for hydroxylation is 1. The quantitative estimate of drug-likeness (QED) is 0.776. The summed E-state index contributed by atoms with van der Waals surface area (Å²) in [5, 5.41) is 2.53. The molecule has 0 atom stereocenters. The molecule has 154 valence electrons. The Kier molecular flexibility index (Phi) is 6.53. The van der Waals surface area contributed by atoms with Gasteiger partial charge in [-0.2, -0.15) is 0 Å². The Hall–Kier alpha value is -2.87. The number of para-hydroxylation sites is 1. The molecule has 1 N–H and O–H groups in total. The van der Waals surface area contributed by atoms with Gasteiger partial charge in [0, 0.05) is 37.6 Å². The van der Waals surface area contributed by atoms with E-state index in [2.05, 4.69) is 16.3 Å². The topological polar surface area (TPSA) is 86.8 Å². The second-order valence-electron chi connectivity index (χ2n) is 7.15. The van der Waals surface area contributed by atoms with Gasteiger partial charge < -0.3 is 15.1 Å². The zero-order chi connectivity index (χ0) is 20.9. The molecule has 1 fully saturated rings. The molecule has 1 aliphatic rings. The van der Waals surface area contributed by atoms with Gasteiger partial charge in [0.05, 0.1) is 0 Å². The normalized spacial score (nSPS) is 14.5. The minimum atomic E-state index is -3.84. The lowest BCUT2D eigenvalue weighted by Crippen LogP contribution is -2.50. The Balaban J connectivity index is 1.50. The number of hydrogen-bond acceptors (Lipinski definition) is 5. The van der Waals surface area contributed by atoms with Crippen LogP contribution in [-0.2, 0) is 19.4 Å². The zero-order valence-corrected chi connectivity index (χ0v) is 17.2. The Labute approximate surface area is 171 Å². The fourth-order valence-corrected chi connectivity index (χ4v) is 4.42. The number of carbonyl (C=O) groups excluding carboxylic acids is 2. The molecule has 8 heteroatoms. The molecule has 1 heterocycles.